The lowest BCUT2D eigenvalue weighted by molar-refractivity contribution is 0.00327. The summed E-state index contributed by atoms with van der Waals surface area (Å²) in [6.07, 6.45) is 0.501. The summed E-state index contributed by atoms with van der Waals surface area (Å²) in [4.78, 5) is 4.97. The van der Waals surface area contributed by atoms with Gasteiger partial charge in [-0.25, -0.2) is 0 Å². The number of piperazine rings is 1. The molecule has 0 amide bonds. The molecule has 3 aliphatic rings. The van der Waals surface area contributed by atoms with Gasteiger partial charge in [-0.1, -0.05) is 18.2 Å². The average molecular weight is 348 g/mol. The van der Waals surface area contributed by atoms with Gasteiger partial charge >= 0.3 is 0 Å². The Bertz CT molecular complexity index is 535. The fraction of sp³-hybridized carbons (Fsp3) is 0.684. The zero-order valence-corrected chi connectivity index (χ0v) is 14.6. The van der Waals surface area contributed by atoms with Gasteiger partial charge in [-0.3, -0.25) is 4.90 Å². The van der Waals surface area contributed by atoms with Crippen molar-refractivity contribution < 1.29 is 19.3 Å². The molecule has 3 aliphatic heterocycles. The monoisotopic (exact) mass is 348 g/mol. The fourth-order valence-electron chi connectivity index (χ4n) is 4.09. The highest BCUT2D eigenvalue weighted by atomic mass is 16.6. The van der Waals surface area contributed by atoms with E-state index in [0.29, 0.717) is 19.3 Å². The Kier molecular flexibility index (Phi) is 5.53. The number of ether oxygens (including phenoxy) is 3. The van der Waals surface area contributed by atoms with E-state index in [-0.39, 0.29) is 12.2 Å². The second-order valence-corrected chi connectivity index (χ2v) is 7.12. The van der Waals surface area contributed by atoms with E-state index in [9.17, 15) is 5.11 Å². The predicted molar refractivity (Wildman–Crippen MR) is 93.8 cm³/mol. The third-order valence-electron chi connectivity index (χ3n) is 5.51. The second-order valence-electron chi connectivity index (χ2n) is 7.12. The third kappa shape index (κ3) is 3.99. The number of rotatable bonds is 6. The van der Waals surface area contributed by atoms with Crippen molar-refractivity contribution in [2.45, 2.75) is 30.8 Å². The summed E-state index contributed by atoms with van der Waals surface area (Å²) in [5.74, 6) is 0.946. The molecule has 6 heteroatoms. The average Bonchev–Trinajstić information content (AvgIpc) is 3.23. The number of hydrogen-bond donors (Lipinski definition) is 1. The number of benzene rings is 1. The first-order valence-corrected chi connectivity index (χ1v) is 9.37. The molecule has 0 unspecified atom stereocenters. The Morgan fingerprint density at radius 3 is 2.56 bits per heavy atom. The molecule has 3 heterocycles. The topological polar surface area (TPSA) is 54.4 Å². The standard InChI is InChI=1S/C19H28N2O4/c22-17-14-25-18-16(13-24-19(17)18)21-10-8-20(9-11-21)7-4-12-23-15-5-2-1-3-6-15/h1-3,5-6,16-19,22H,4,7-14H2/t16-,17-,18+,19+/m0/s1. The molecule has 0 bridgehead atoms. The van der Waals surface area contributed by atoms with E-state index in [1.165, 1.54) is 0 Å². The van der Waals surface area contributed by atoms with E-state index in [2.05, 4.69) is 9.80 Å². The Labute approximate surface area is 149 Å². The number of aliphatic hydroxyl groups is 1. The maximum Gasteiger partial charge on any atom is 0.119 e. The van der Waals surface area contributed by atoms with Gasteiger partial charge in [0.2, 0.25) is 0 Å². The smallest absolute Gasteiger partial charge is 0.119 e. The quantitative estimate of drug-likeness (QED) is 0.760. The molecule has 6 nitrogen and oxygen atoms in total. The van der Waals surface area contributed by atoms with Crippen LogP contribution in [-0.4, -0.2) is 91.8 Å². The molecule has 3 fully saturated rings. The van der Waals surface area contributed by atoms with Crippen LogP contribution in [0.3, 0.4) is 0 Å². The first-order chi connectivity index (χ1) is 12.3. The molecular formula is C19H28N2O4. The first-order valence-electron chi connectivity index (χ1n) is 9.37. The molecule has 3 saturated heterocycles. The minimum atomic E-state index is -0.457. The molecule has 1 N–H and O–H groups in total. The van der Waals surface area contributed by atoms with Crippen molar-refractivity contribution in [1.29, 1.82) is 0 Å². The summed E-state index contributed by atoms with van der Waals surface area (Å²) >= 11 is 0. The van der Waals surface area contributed by atoms with Crippen molar-refractivity contribution in [3.8, 4) is 5.75 Å². The highest BCUT2D eigenvalue weighted by Gasteiger charge is 2.49. The molecule has 0 spiro atoms. The number of nitrogens with zero attached hydrogens (tertiary/aromatic N) is 2. The third-order valence-corrected chi connectivity index (χ3v) is 5.51. The lowest BCUT2D eigenvalue weighted by Gasteiger charge is -2.38. The van der Waals surface area contributed by atoms with Gasteiger partial charge in [-0.2, -0.15) is 0 Å². The van der Waals surface area contributed by atoms with E-state index < -0.39 is 6.10 Å². The van der Waals surface area contributed by atoms with Crippen LogP contribution in [0.25, 0.3) is 0 Å². The largest absolute Gasteiger partial charge is 0.494 e. The van der Waals surface area contributed by atoms with Gasteiger partial charge < -0.3 is 24.2 Å². The van der Waals surface area contributed by atoms with Gasteiger partial charge in [0.1, 0.15) is 24.1 Å². The van der Waals surface area contributed by atoms with Crippen molar-refractivity contribution in [3.63, 3.8) is 0 Å². The highest BCUT2D eigenvalue weighted by molar-refractivity contribution is 5.20. The number of para-hydroxylation sites is 1. The van der Waals surface area contributed by atoms with Crippen molar-refractivity contribution in [2.24, 2.45) is 0 Å². The molecule has 1 aromatic carbocycles. The fourth-order valence-corrected chi connectivity index (χ4v) is 4.09. The summed E-state index contributed by atoms with van der Waals surface area (Å²) < 4.78 is 17.3. The van der Waals surface area contributed by atoms with Gasteiger partial charge in [-0.05, 0) is 18.6 Å². The Balaban J connectivity index is 1.15. The van der Waals surface area contributed by atoms with Gasteiger partial charge in [0, 0.05) is 32.7 Å². The van der Waals surface area contributed by atoms with Crippen LogP contribution >= 0.6 is 0 Å². The Hall–Kier alpha value is -1.18. The van der Waals surface area contributed by atoms with E-state index >= 15 is 0 Å². The Morgan fingerprint density at radius 1 is 1.00 bits per heavy atom. The van der Waals surface area contributed by atoms with E-state index in [0.717, 1.165) is 51.5 Å². The second kappa shape index (κ2) is 8.01. The summed E-state index contributed by atoms with van der Waals surface area (Å²) in [7, 11) is 0. The van der Waals surface area contributed by atoms with Crippen molar-refractivity contribution >= 4 is 0 Å². The van der Waals surface area contributed by atoms with Crippen LogP contribution in [0.5, 0.6) is 5.75 Å². The van der Waals surface area contributed by atoms with Crippen LogP contribution in [0.2, 0.25) is 0 Å². The maximum atomic E-state index is 9.87. The highest BCUT2D eigenvalue weighted by Crippen LogP contribution is 2.30. The van der Waals surface area contributed by atoms with Crippen LogP contribution in [0, 0.1) is 0 Å². The van der Waals surface area contributed by atoms with E-state index in [1.807, 2.05) is 30.3 Å². The van der Waals surface area contributed by atoms with Crippen LogP contribution in [0.1, 0.15) is 6.42 Å². The molecule has 0 aromatic heterocycles. The lowest BCUT2D eigenvalue weighted by Crippen LogP contribution is -2.54. The molecule has 25 heavy (non-hydrogen) atoms. The van der Waals surface area contributed by atoms with Gasteiger partial charge in [0.15, 0.2) is 0 Å². The molecule has 138 valence electrons. The predicted octanol–water partition coefficient (Wildman–Crippen LogP) is 0.600. The maximum absolute atomic E-state index is 9.87. The van der Waals surface area contributed by atoms with Crippen molar-refractivity contribution in [1.82, 2.24) is 9.80 Å². The molecular weight excluding hydrogens is 320 g/mol. The molecule has 4 rings (SSSR count). The molecule has 0 saturated carbocycles. The van der Waals surface area contributed by atoms with Crippen molar-refractivity contribution in [2.75, 3.05) is 52.5 Å². The number of aliphatic hydroxyl groups excluding tert-OH is 1. The van der Waals surface area contributed by atoms with E-state index in [4.69, 9.17) is 14.2 Å². The Morgan fingerprint density at radius 2 is 1.76 bits per heavy atom. The van der Waals surface area contributed by atoms with Gasteiger partial charge in [0.25, 0.3) is 0 Å². The van der Waals surface area contributed by atoms with Crippen LogP contribution < -0.4 is 4.74 Å². The summed E-state index contributed by atoms with van der Waals surface area (Å²) in [5.41, 5.74) is 0. The van der Waals surface area contributed by atoms with Crippen molar-refractivity contribution in [3.05, 3.63) is 30.3 Å². The normalized spacial score (nSPS) is 33.5. The minimum Gasteiger partial charge on any atom is -0.494 e. The minimum absolute atomic E-state index is 0.0424. The molecule has 1 aromatic rings. The zero-order valence-electron chi connectivity index (χ0n) is 14.6. The van der Waals surface area contributed by atoms with Gasteiger partial charge in [0.05, 0.1) is 25.9 Å². The summed E-state index contributed by atoms with van der Waals surface area (Å²) in [5, 5.41) is 9.87. The molecule has 4 atom stereocenters. The van der Waals surface area contributed by atoms with Crippen LogP contribution in [0.15, 0.2) is 30.3 Å². The molecule has 0 radical (unpaired) electrons. The number of fused-ring (bicyclic) bond motifs is 1. The van der Waals surface area contributed by atoms with Gasteiger partial charge in [-0.15, -0.1) is 0 Å². The summed E-state index contributed by atoms with van der Waals surface area (Å²) in [6, 6.07) is 10.3. The zero-order chi connectivity index (χ0) is 17.1. The lowest BCUT2D eigenvalue weighted by atomic mass is 10.1. The number of hydrogen-bond acceptors (Lipinski definition) is 6. The van der Waals surface area contributed by atoms with E-state index in [1.54, 1.807) is 0 Å². The first kappa shape index (κ1) is 17.2. The van der Waals surface area contributed by atoms with Crippen LogP contribution in [0.4, 0.5) is 0 Å². The molecule has 0 aliphatic carbocycles. The summed E-state index contributed by atoms with van der Waals surface area (Å²) in [6.45, 7) is 7.14. The van der Waals surface area contributed by atoms with Crippen LogP contribution in [-0.2, 0) is 9.47 Å². The SMILES string of the molecule is O[C@H]1CO[C@H]2[C@@H]1OC[C@@H]2N1CCN(CCCOc2ccccc2)CC1.